The van der Waals surface area contributed by atoms with Crippen molar-refractivity contribution in [3.05, 3.63) is 42.9 Å². The van der Waals surface area contributed by atoms with Gasteiger partial charge in [-0.05, 0) is 32.1 Å². The Labute approximate surface area is 69.3 Å². The van der Waals surface area contributed by atoms with Gasteiger partial charge in [0.05, 0.1) is 0 Å². The molecular weight excluding hydrogens is 132 g/mol. The van der Waals surface area contributed by atoms with Gasteiger partial charge in [-0.2, -0.15) is 0 Å². The maximum Gasteiger partial charge on any atom is -0.0166 e. The van der Waals surface area contributed by atoms with Crippen LogP contribution in [-0.2, 0) is 0 Å². The molecule has 0 unspecified atom stereocenters. The van der Waals surface area contributed by atoms with E-state index in [0.29, 0.717) is 0 Å². The number of hydrogen-bond donors (Lipinski definition) is 0. The van der Waals surface area contributed by atoms with Gasteiger partial charge in [-0.15, -0.1) is 0 Å². The first-order valence-corrected chi connectivity index (χ1v) is 4.30. The average molecular weight is 147 g/mol. The molecule has 0 atom stereocenters. The van der Waals surface area contributed by atoms with Crippen molar-refractivity contribution in [2.24, 2.45) is 0 Å². The van der Waals surface area contributed by atoms with Gasteiger partial charge in [-0.3, -0.25) is 0 Å². The van der Waals surface area contributed by atoms with Gasteiger partial charge in [0, 0.05) is 0 Å². The minimum absolute atomic E-state index is 1.07. The molecule has 0 aromatic heterocycles. The zero-order valence-corrected chi connectivity index (χ0v) is 6.87. The van der Waals surface area contributed by atoms with E-state index in [4.69, 9.17) is 0 Å². The highest BCUT2D eigenvalue weighted by atomic mass is 13.9. The lowest BCUT2D eigenvalue weighted by molar-refractivity contribution is 0.841. The van der Waals surface area contributed by atoms with Crippen LogP contribution < -0.4 is 0 Å². The molecular formula is C11H15. The summed E-state index contributed by atoms with van der Waals surface area (Å²) in [7, 11) is 0. The third-order valence-corrected chi connectivity index (χ3v) is 1.67. The molecule has 0 aliphatic heterocycles. The van der Waals surface area contributed by atoms with Crippen molar-refractivity contribution < 1.29 is 0 Å². The standard InChI is InChI=1S/C11H15/c1-2-4-6-8-10-11-9-7-5-3-1/h1-5,8,10H,6-7,9,11H2/b3-1+,4-2-,10-8-. The highest BCUT2D eigenvalue weighted by molar-refractivity contribution is 5.09. The van der Waals surface area contributed by atoms with Gasteiger partial charge >= 0.3 is 0 Å². The third kappa shape index (κ3) is 4.60. The van der Waals surface area contributed by atoms with Gasteiger partial charge in [0.25, 0.3) is 0 Å². The molecule has 0 saturated carbocycles. The smallest absolute Gasteiger partial charge is 0.0166 e. The van der Waals surface area contributed by atoms with E-state index in [-0.39, 0.29) is 0 Å². The minimum atomic E-state index is 1.07. The first-order valence-electron chi connectivity index (χ1n) is 4.30. The number of hydrogen-bond acceptors (Lipinski definition) is 0. The first-order chi connectivity index (χ1) is 5.50. The average Bonchev–Trinajstić information content (AvgIpc) is 2.08. The van der Waals surface area contributed by atoms with Crippen LogP contribution in [0.4, 0.5) is 0 Å². The molecule has 0 aromatic carbocycles. The van der Waals surface area contributed by atoms with E-state index in [2.05, 4.69) is 42.9 Å². The summed E-state index contributed by atoms with van der Waals surface area (Å²) in [6, 6.07) is 0. The molecule has 11 heavy (non-hydrogen) atoms. The summed E-state index contributed by atoms with van der Waals surface area (Å²) >= 11 is 0. The van der Waals surface area contributed by atoms with E-state index in [0.717, 1.165) is 6.42 Å². The predicted molar refractivity (Wildman–Crippen MR) is 50.2 cm³/mol. The van der Waals surface area contributed by atoms with Crippen molar-refractivity contribution in [1.82, 2.24) is 0 Å². The molecule has 1 aliphatic rings. The lowest BCUT2D eigenvalue weighted by Gasteiger charge is -1.90. The molecule has 0 heterocycles. The Morgan fingerprint density at radius 1 is 0.727 bits per heavy atom. The van der Waals surface area contributed by atoms with Crippen LogP contribution in [0.1, 0.15) is 25.7 Å². The zero-order chi connectivity index (χ0) is 7.78. The van der Waals surface area contributed by atoms with Crippen LogP contribution in [0.5, 0.6) is 0 Å². The summed E-state index contributed by atoms with van der Waals surface area (Å²) in [5, 5.41) is 0. The third-order valence-electron chi connectivity index (χ3n) is 1.67. The molecule has 0 aromatic rings. The van der Waals surface area contributed by atoms with Crippen molar-refractivity contribution in [3.63, 3.8) is 0 Å². The highest BCUT2D eigenvalue weighted by Gasteiger charge is 1.83. The molecule has 59 valence electrons. The van der Waals surface area contributed by atoms with Crippen molar-refractivity contribution in [2.45, 2.75) is 25.7 Å². The van der Waals surface area contributed by atoms with Crippen LogP contribution in [0.25, 0.3) is 0 Å². The summed E-state index contributed by atoms with van der Waals surface area (Å²) in [6.07, 6.45) is 20.0. The van der Waals surface area contributed by atoms with Crippen LogP contribution in [0, 0.1) is 6.42 Å². The fraction of sp³-hybridized carbons (Fsp3) is 0.364. The van der Waals surface area contributed by atoms with E-state index in [1.54, 1.807) is 0 Å². The SMILES string of the molecule is [CH]1/C=C/C=C\C/C=C\CCC1. The molecule has 1 radical (unpaired) electrons. The first kappa shape index (κ1) is 8.32. The molecule has 0 nitrogen and oxygen atoms in total. The van der Waals surface area contributed by atoms with E-state index >= 15 is 0 Å². The van der Waals surface area contributed by atoms with Gasteiger partial charge in [0.1, 0.15) is 0 Å². The zero-order valence-electron chi connectivity index (χ0n) is 6.87. The Balaban J connectivity index is 2.35. The van der Waals surface area contributed by atoms with Crippen LogP contribution in [0.2, 0.25) is 0 Å². The second kappa shape index (κ2) is 5.96. The lowest BCUT2D eigenvalue weighted by atomic mass is 10.2. The molecule has 0 N–H and O–H groups in total. The molecule has 0 amide bonds. The van der Waals surface area contributed by atoms with E-state index in [1.807, 2.05) is 0 Å². The summed E-state index contributed by atoms with van der Waals surface area (Å²) in [6.45, 7) is 0. The van der Waals surface area contributed by atoms with Crippen molar-refractivity contribution >= 4 is 0 Å². The van der Waals surface area contributed by atoms with Gasteiger partial charge in [0.2, 0.25) is 0 Å². The summed E-state index contributed by atoms with van der Waals surface area (Å²) in [4.78, 5) is 0. The van der Waals surface area contributed by atoms with Crippen LogP contribution in [-0.4, -0.2) is 0 Å². The second-order valence-corrected chi connectivity index (χ2v) is 2.69. The van der Waals surface area contributed by atoms with Crippen LogP contribution in [0.15, 0.2) is 36.5 Å². The van der Waals surface area contributed by atoms with Crippen molar-refractivity contribution in [3.8, 4) is 0 Å². The predicted octanol–water partition coefficient (Wildman–Crippen LogP) is 3.43. The van der Waals surface area contributed by atoms with E-state index < -0.39 is 0 Å². The minimum Gasteiger partial charge on any atom is -0.0882 e. The Morgan fingerprint density at radius 3 is 2.73 bits per heavy atom. The molecule has 0 bridgehead atoms. The van der Waals surface area contributed by atoms with Gasteiger partial charge in [-0.1, -0.05) is 36.5 Å². The Hall–Kier alpha value is -0.780. The number of allylic oxidation sites excluding steroid dienone is 6. The number of rotatable bonds is 0. The summed E-state index contributed by atoms with van der Waals surface area (Å²) < 4.78 is 0. The molecule has 0 spiro atoms. The van der Waals surface area contributed by atoms with E-state index in [9.17, 15) is 0 Å². The fourth-order valence-electron chi connectivity index (χ4n) is 1.04. The maximum absolute atomic E-state index is 2.27. The Morgan fingerprint density at radius 2 is 1.73 bits per heavy atom. The van der Waals surface area contributed by atoms with Crippen molar-refractivity contribution in [1.29, 1.82) is 0 Å². The molecule has 0 heteroatoms. The van der Waals surface area contributed by atoms with Crippen molar-refractivity contribution in [2.75, 3.05) is 0 Å². The topological polar surface area (TPSA) is 0 Å². The quantitative estimate of drug-likeness (QED) is 0.460. The Kier molecular flexibility index (Phi) is 4.51. The van der Waals surface area contributed by atoms with E-state index in [1.165, 1.54) is 19.3 Å². The second-order valence-electron chi connectivity index (χ2n) is 2.69. The lowest BCUT2D eigenvalue weighted by Crippen LogP contribution is -1.72. The fourth-order valence-corrected chi connectivity index (χ4v) is 1.04. The van der Waals surface area contributed by atoms with Crippen LogP contribution >= 0.6 is 0 Å². The normalized spacial score (nSPS) is 28.4. The largest absolute Gasteiger partial charge is 0.0882 e. The molecule has 0 saturated heterocycles. The van der Waals surface area contributed by atoms with Gasteiger partial charge in [-0.25, -0.2) is 0 Å². The monoisotopic (exact) mass is 147 g/mol. The molecule has 0 fully saturated rings. The van der Waals surface area contributed by atoms with Crippen LogP contribution in [0.3, 0.4) is 0 Å². The molecule has 1 aliphatic carbocycles. The molecule has 1 rings (SSSR count). The summed E-state index contributed by atoms with van der Waals surface area (Å²) in [5.74, 6) is 0. The Bertz CT molecular complexity index is 161. The van der Waals surface area contributed by atoms with Gasteiger partial charge < -0.3 is 0 Å². The summed E-state index contributed by atoms with van der Waals surface area (Å²) in [5.41, 5.74) is 0. The highest BCUT2D eigenvalue weighted by Crippen LogP contribution is 2.02. The maximum atomic E-state index is 2.27. The van der Waals surface area contributed by atoms with Gasteiger partial charge in [0.15, 0.2) is 0 Å².